The molecule has 4 nitrogen and oxygen atoms in total. The molecule has 0 unspecified atom stereocenters. The molecule has 1 aromatic rings. The second-order valence-electron chi connectivity index (χ2n) is 3.53. The Morgan fingerprint density at radius 3 is 2.47 bits per heavy atom. The monoisotopic (exact) mass is 233 g/mol. The number of rotatable bonds is 5. The number of aliphatic hydroxyl groups is 1. The van der Waals surface area contributed by atoms with E-state index in [-0.39, 0.29) is 24.8 Å². The highest BCUT2D eigenvalue weighted by Gasteiger charge is 1.97. The van der Waals surface area contributed by atoms with Gasteiger partial charge in [-0.25, -0.2) is 0 Å². The Morgan fingerprint density at radius 1 is 1.29 bits per heavy atom. The van der Waals surface area contributed by atoms with Gasteiger partial charge in [0.05, 0.1) is 6.61 Å². The van der Waals surface area contributed by atoms with Crippen LogP contribution in [0.3, 0.4) is 0 Å². The molecule has 0 bridgehead atoms. The van der Waals surface area contributed by atoms with E-state index >= 15 is 0 Å². The van der Waals surface area contributed by atoms with Crippen LogP contribution < -0.4 is 5.32 Å². The van der Waals surface area contributed by atoms with Gasteiger partial charge in [0.1, 0.15) is 0 Å². The molecule has 0 aromatic heterocycles. The van der Waals surface area contributed by atoms with Crippen LogP contribution in [0, 0.1) is 0 Å². The first-order valence-corrected chi connectivity index (χ1v) is 5.31. The van der Waals surface area contributed by atoms with Crippen molar-refractivity contribution in [2.24, 2.45) is 0 Å². The molecule has 2 N–H and O–H groups in total. The van der Waals surface area contributed by atoms with Crippen LogP contribution in [0.1, 0.15) is 22.8 Å². The molecule has 1 rings (SSSR count). The van der Waals surface area contributed by atoms with Gasteiger partial charge in [-0.2, -0.15) is 0 Å². The minimum atomic E-state index is -0.255. The fraction of sp³-hybridized carbons (Fsp3) is 0.231. The smallest absolute Gasteiger partial charge is 0.244 e. The normalized spacial score (nSPS) is 10.5. The number of aliphatic hydroxyl groups excluding tert-OH is 1. The third kappa shape index (κ3) is 4.61. The van der Waals surface area contributed by atoms with Crippen LogP contribution in [0.4, 0.5) is 0 Å². The molecule has 0 aliphatic heterocycles. The third-order valence-corrected chi connectivity index (χ3v) is 2.16. The standard InChI is InChI=1S/C13H15NO3/c1-10(16)12-5-2-11(3-6-12)4-7-13(17)14-8-9-15/h2-7,15H,8-9H2,1H3,(H,14,17). The molecule has 0 saturated carbocycles. The average Bonchev–Trinajstić information content (AvgIpc) is 2.34. The predicted octanol–water partition coefficient (Wildman–Crippen LogP) is 1.01. The van der Waals surface area contributed by atoms with Crippen molar-refractivity contribution in [3.8, 4) is 0 Å². The van der Waals surface area contributed by atoms with Crippen LogP contribution in [-0.2, 0) is 4.79 Å². The number of amides is 1. The number of Topliss-reactive ketones (excluding diaryl/α,β-unsaturated/α-hetero) is 1. The topological polar surface area (TPSA) is 66.4 Å². The Balaban J connectivity index is 2.59. The van der Waals surface area contributed by atoms with E-state index in [0.29, 0.717) is 5.56 Å². The lowest BCUT2D eigenvalue weighted by molar-refractivity contribution is -0.116. The fourth-order valence-corrected chi connectivity index (χ4v) is 1.24. The number of hydrogen-bond acceptors (Lipinski definition) is 3. The van der Waals surface area contributed by atoms with Gasteiger partial charge in [0.25, 0.3) is 0 Å². The van der Waals surface area contributed by atoms with Crippen molar-refractivity contribution in [2.75, 3.05) is 13.2 Å². The number of nitrogens with one attached hydrogen (secondary N) is 1. The lowest BCUT2D eigenvalue weighted by Gasteiger charge is -1.98. The highest BCUT2D eigenvalue weighted by molar-refractivity contribution is 5.94. The van der Waals surface area contributed by atoms with Gasteiger partial charge in [-0.05, 0) is 18.6 Å². The zero-order valence-electron chi connectivity index (χ0n) is 9.64. The van der Waals surface area contributed by atoms with Crippen LogP contribution in [0.15, 0.2) is 30.3 Å². The van der Waals surface area contributed by atoms with Crippen LogP contribution in [0.5, 0.6) is 0 Å². The molecular weight excluding hydrogens is 218 g/mol. The van der Waals surface area contributed by atoms with Crippen molar-refractivity contribution < 1.29 is 14.7 Å². The first-order chi connectivity index (χ1) is 8.13. The zero-order valence-corrected chi connectivity index (χ0v) is 9.64. The number of hydrogen-bond donors (Lipinski definition) is 2. The molecule has 0 spiro atoms. The second-order valence-corrected chi connectivity index (χ2v) is 3.53. The van der Waals surface area contributed by atoms with Gasteiger partial charge in [-0.1, -0.05) is 24.3 Å². The molecule has 1 amide bonds. The number of carbonyl (C=O) groups excluding carboxylic acids is 2. The molecule has 0 aliphatic rings. The van der Waals surface area contributed by atoms with Crippen LogP contribution in [0.2, 0.25) is 0 Å². The molecule has 1 aromatic carbocycles. The molecule has 0 fully saturated rings. The largest absolute Gasteiger partial charge is 0.395 e. The summed E-state index contributed by atoms with van der Waals surface area (Å²) in [6.07, 6.45) is 3.04. The van der Waals surface area contributed by atoms with Gasteiger partial charge in [0.2, 0.25) is 5.91 Å². The number of benzene rings is 1. The van der Waals surface area contributed by atoms with Crippen LogP contribution in [-0.4, -0.2) is 29.9 Å². The highest BCUT2D eigenvalue weighted by Crippen LogP contribution is 2.06. The molecule has 0 aliphatic carbocycles. The molecule has 0 radical (unpaired) electrons. The lowest BCUT2D eigenvalue weighted by atomic mass is 10.1. The summed E-state index contributed by atoms with van der Waals surface area (Å²) >= 11 is 0. The van der Waals surface area contributed by atoms with E-state index < -0.39 is 0 Å². The van der Waals surface area contributed by atoms with E-state index in [1.807, 2.05) is 0 Å². The van der Waals surface area contributed by atoms with Crippen LogP contribution >= 0.6 is 0 Å². The molecule has 0 saturated heterocycles. The Labute approximate surface area is 100.0 Å². The van der Waals surface area contributed by atoms with Crippen molar-refractivity contribution in [1.29, 1.82) is 0 Å². The van der Waals surface area contributed by atoms with E-state index in [1.165, 1.54) is 13.0 Å². The fourth-order valence-electron chi connectivity index (χ4n) is 1.24. The lowest BCUT2D eigenvalue weighted by Crippen LogP contribution is -2.24. The Hall–Kier alpha value is -1.94. The summed E-state index contributed by atoms with van der Waals surface area (Å²) in [7, 11) is 0. The van der Waals surface area contributed by atoms with Crippen molar-refractivity contribution >= 4 is 17.8 Å². The average molecular weight is 233 g/mol. The number of ketones is 1. The van der Waals surface area contributed by atoms with E-state index in [4.69, 9.17) is 5.11 Å². The highest BCUT2D eigenvalue weighted by atomic mass is 16.3. The number of carbonyl (C=O) groups is 2. The first-order valence-electron chi connectivity index (χ1n) is 5.31. The minimum Gasteiger partial charge on any atom is -0.395 e. The predicted molar refractivity (Wildman–Crippen MR) is 65.6 cm³/mol. The summed E-state index contributed by atoms with van der Waals surface area (Å²) in [6.45, 7) is 1.67. The molecule has 4 heteroatoms. The van der Waals surface area contributed by atoms with Crippen molar-refractivity contribution in [3.05, 3.63) is 41.5 Å². The van der Waals surface area contributed by atoms with E-state index in [1.54, 1.807) is 30.3 Å². The summed E-state index contributed by atoms with van der Waals surface area (Å²) in [5, 5.41) is 11.0. The molecule has 90 valence electrons. The quantitative estimate of drug-likeness (QED) is 0.589. The summed E-state index contributed by atoms with van der Waals surface area (Å²) in [5.74, 6) is -0.240. The SMILES string of the molecule is CC(=O)c1ccc(C=CC(=O)NCCO)cc1. The summed E-state index contributed by atoms with van der Waals surface area (Å²) in [4.78, 5) is 22.2. The maximum Gasteiger partial charge on any atom is 0.244 e. The van der Waals surface area contributed by atoms with Crippen molar-refractivity contribution in [1.82, 2.24) is 5.32 Å². The van der Waals surface area contributed by atoms with Gasteiger partial charge in [-0.3, -0.25) is 9.59 Å². The Morgan fingerprint density at radius 2 is 1.94 bits per heavy atom. The van der Waals surface area contributed by atoms with Crippen LogP contribution in [0.25, 0.3) is 6.08 Å². The summed E-state index contributed by atoms with van der Waals surface area (Å²) < 4.78 is 0. The van der Waals surface area contributed by atoms with E-state index in [2.05, 4.69) is 5.32 Å². The molecule has 0 heterocycles. The van der Waals surface area contributed by atoms with Crippen molar-refractivity contribution in [3.63, 3.8) is 0 Å². The Kier molecular flexibility index (Phi) is 5.10. The first kappa shape index (κ1) is 13.1. The second kappa shape index (κ2) is 6.60. The van der Waals surface area contributed by atoms with Gasteiger partial charge >= 0.3 is 0 Å². The maximum absolute atomic E-state index is 11.2. The molecule has 17 heavy (non-hydrogen) atoms. The van der Waals surface area contributed by atoms with Gasteiger partial charge in [0, 0.05) is 18.2 Å². The maximum atomic E-state index is 11.2. The third-order valence-electron chi connectivity index (χ3n) is 2.16. The van der Waals surface area contributed by atoms with Crippen molar-refractivity contribution in [2.45, 2.75) is 6.92 Å². The molecular formula is C13H15NO3. The van der Waals surface area contributed by atoms with Gasteiger partial charge in [0.15, 0.2) is 5.78 Å². The van der Waals surface area contributed by atoms with Gasteiger partial charge < -0.3 is 10.4 Å². The summed E-state index contributed by atoms with van der Waals surface area (Å²) in [5.41, 5.74) is 1.49. The summed E-state index contributed by atoms with van der Waals surface area (Å²) in [6, 6.07) is 6.97. The minimum absolute atomic E-state index is 0.0150. The van der Waals surface area contributed by atoms with Gasteiger partial charge in [-0.15, -0.1) is 0 Å². The van der Waals surface area contributed by atoms with E-state index in [0.717, 1.165) is 5.56 Å². The zero-order chi connectivity index (χ0) is 12.7. The molecule has 0 atom stereocenters. The Bertz CT molecular complexity index is 421. The van der Waals surface area contributed by atoms with E-state index in [9.17, 15) is 9.59 Å².